The predicted octanol–water partition coefficient (Wildman–Crippen LogP) is 5.04. The van der Waals surface area contributed by atoms with Crippen LogP contribution >= 0.6 is 0 Å². The van der Waals surface area contributed by atoms with Gasteiger partial charge in [0.25, 0.3) is 0 Å². The third-order valence-corrected chi connectivity index (χ3v) is 7.81. The molecule has 25 heavy (non-hydrogen) atoms. The summed E-state index contributed by atoms with van der Waals surface area (Å²) in [6.07, 6.45) is 12.0. The molecule has 3 aliphatic carbocycles. The molecule has 3 nitrogen and oxygen atoms in total. The Labute approximate surface area is 152 Å². The van der Waals surface area contributed by atoms with E-state index in [0.29, 0.717) is 17.6 Å². The molecule has 2 bridgehead atoms. The SMILES string of the molecule is CC(C)=CCCCC1CC(=O)[C@@]23CC[C@@](C)(C2)C2(C[C@@H]3C1)OCCO2. The van der Waals surface area contributed by atoms with Crippen molar-refractivity contribution < 1.29 is 14.3 Å². The molecule has 1 unspecified atom stereocenters. The fourth-order valence-corrected chi connectivity index (χ4v) is 6.48. The van der Waals surface area contributed by atoms with Gasteiger partial charge in [0.15, 0.2) is 5.79 Å². The van der Waals surface area contributed by atoms with Gasteiger partial charge in [-0.25, -0.2) is 0 Å². The highest BCUT2D eigenvalue weighted by molar-refractivity contribution is 5.87. The molecule has 0 aromatic rings. The summed E-state index contributed by atoms with van der Waals surface area (Å²) in [5.41, 5.74) is 1.38. The molecule has 0 radical (unpaired) electrons. The first-order valence-corrected chi connectivity index (χ1v) is 10.3. The van der Waals surface area contributed by atoms with Gasteiger partial charge in [0, 0.05) is 23.7 Å². The Balaban J connectivity index is 1.48. The molecule has 1 heterocycles. The molecule has 1 saturated heterocycles. The molecule has 0 N–H and O–H groups in total. The number of carbonyl (C=O) groups is 1. The molecule has 4 aliphatic rings. The monoisotopic (exact) mass is 346 g/mol. The number of rotatable bonds is 4. The van der Waals surface area contributed by atoms with Crippen LogP contribution in [-0.2, 0) is 14.3 Å². The maximum absolute atomic E-state index is 13.2. The molecule has 140 valence electrons. The van der Waals surface area contributed by atoms with Crippen molar-refractivity contribution in [1.82, 2.24) is 0 Å². The number of allylic oxidation sites excluding steroid dienone is 2. The molecule has 4 fully saturated rings. The van der Waals surface area contributed by atoms with Gasteiger partial charge in [-0.15, -0.1) is 0 Å². The summed E-state index contributed by atoms with van der Waals surface area (Å²) in [5, 5.41) is 0. The lowest BCUT2D eigenvalue weighted by Crippen LogP contribution is -2.57. The van der Waals surface area contributed by atoms with E-state index in [4.69, 9.17) is 9.47 Å². The number of Topliss-reactive ketones (excluding diaryl/α,β-unsaturated/α-hetero) is 1. The molecule has 3 saturated carbocycles. The second-order valence-corrected chi connectivity index (χ2v) is 9.69. The second kappa shape index (κ2) is 6.20. The van der Waals surface area contributed by atoms with Crippen molar-refractivity contribution in [3.63, 3.8) is 0 Å². The molecule has 1 aliphatic heterocycles. The van der Waals surface area contributed by atoms with Crippen LogP contribution in [0.5, 0.6) is 0 Å². The first kappa shape index (κ1) is 17.7. The van der Waals surface area contributed by atoms with Gasteiger partial charge in [0.1, 0.15) is 5.78 Å². The predicted molar refractivity (Wildman–Crippen MR) is 98.1 cm³/mol. The highest BCUT2D eigenvalue weighted by Gasteiger charge is 2.69. The Kier molecular flexibility index (Phi) is 4.39. The number of carbonyl (C=O) groups excluding carboxylic acids is 1. The molecule has 3 heteroatoms. The molecule has 0 aromatic heterocycles. The van der Waals surface area contributed by atoms with Crippen molar-refractivity contribution in [3.8, 4) is 0 Å². The summed E-state index contributed by atoms with van der Waals surface area (Å²) in [6.45, 7) is 8.06. The highest BCUT2D eigenvalue weighted by atomic mass is 16.7. The number of ether oxygens (including phenoxy) is 2. The van der Waals surface area contributed by atoms with Crippen LogP contribution in [0.2, 0.25) is 0 Å². The molecule has 0 amide bonds. The molecule has 4 atom stereocenters. The van der Waals surface area contributed by atoms with Gasteiger partial charge < -0.3 is 9.47 Å². The smallest absolute Gasteiger partial charge is 0.174 e. The van der Waals surface area contributed by atoms with Gasteiger partial charge in [0.2, 0.25) is 0 Å². The van der Waals surface area contributed by atoms with E-state index in [9.17, 15) is 4.79 Å². The van der Waals surface area contributed by atoms with E-state index in [1.165, 1.54) is 24.8 Å². The van der Waals surface area contributed by atoms with E-state index in [1.54, 1.807) is 0 Å². The van der Waals surface area contributed by atoms with Gasteiger partial charge in [-0.3, -0.25) is 4.79 Å². The largest absolute Gasteiger partial charge is 0.347 e. The van der Waals surface area contributed by atoms with Crippen molar-refractivity contribution in [2.24, 2.45) is 22.7 Å². The zero-order chi connectivity index (χ0) is 17.7. The summed E-state index contributed by atoms with van der Waals surface area (Å²) in [4.78, 5) is 13.2. The second-order valence-electron chi connectivity index (χ2n) is 9.69. The first-order chi connectivity index (χ1) is 11.9. The Bertz CT molecular complexity index is 570. The lowest BCUT2D eigenvalue weighted by atomic mass is 9.53. The van der Waals surface area contributed by atoms with E-state index in [0.717, 1.165) is 51.7 Å². The maximum Gasteiger partial charge on any atom is 0.174 e. The summed E-state index contributed by atoms with van der Waals surface area (Å²) < 4.78 is 12.4. The molecule has 2 spiro atoms. The Hall–Kier alpha value is -0.670. The first-order valence-electron chi connectivity index (χ1n) is 10.3. The zero-order valence-corrected chi connectivity index (χ0v) is 16.2. The van der Waals surface area contributed by atoms with E-state index in [1.807, 2.05) is 0 Å². The molecular weight excluding hydrogens is 312 g/mol. The molecule has 4 rings (SSSR count). The standard InChI is InChI=1S/C22H34O3/c1-16(2)6-4-5-7-17-12-18-14-22(24-10-11-25-22)20(3)8-9-21(18,15-20)19(23)13-17/h6,17-18H,4-5,7-15H2,1-3H3/t17?,18-,20-,21-/m0/s1. The number of fused-ring (bicyclic) bond motifs is 2. The Morgan fingerprint density at radius 3 is 2.72 bits per heavy atom. The van der Waals surface area contributed by atoms with Crippen LogP contribution in [0.25, 0.3) is 0 Å². The summed E-state index contributed by atoms with van der Waals surface area (Å²) >= 11 is 0. The lowest BCUT2D eigenvalue weighted by Gasteiger charge is -2.54. The van der Waals surface area contributed by atoms with Crippen LogP contribution in [0, 0.1) is 22.7 Å². The number of unbranched alkanes of at least 4 members (excludes halogenated alkanes) is 1. The van der Waals surface area contributed by atoms with Crippen LogP contribution in [0.4, 0.5) is 0 Å². The molecular formula is C22H34O3. The minimum atomic E-state index is -0.401. The van der Waals surface area contributed by atoms with Crippen LogP contribution in [-0.4, -0.2) is 24.8 Å². The van der Waals surface area contributed by atoms with E-state index in [2.05, 4.69) is 26.8 Å². The number of hydrogen-bond acceptors (Lipinski definition) is 3. The van der Waals surface area contributed by atoms with Gasteiger partial charge in [-0.1, -0.05) is 18.6 Å². The van der Waals surface area contributed by atoms with E-state index >= 15 is 0 Å². The van der Waals surface area contributed by atoms with Gasteiger partial charge in [-0.05, 0) is 70.6 Å². The third kappa shape index (κ3) is 2.73. The van der Waals surface area contributed by atoms with Gasteiger partial charge in [0.05, 0.1) is 13.2 Å². The van der Waals surface area contributed by atoms with Crippen molar-refractivity contribution >= 4 is 5.78 Å². The quantitative estimate of drug-likeness (QED) is 0.528. The zero-order valence-electron chi connectivity index (χ0n) is 16.2. The summed E-state index contributed by atoms with van der Waals surface area (Å²) in [6, 6.07) is 0. The highest BCUT2D eigenvalue weighted by Crippen LogP contribution is 2.69. The van der Waals surface area contributed by atoms with Crippen LogP contribution in [0.1, 0.15) is 78.6 Å². The fourth-order valence-electron chi connectivity index (χ4n) is 6.48. The third-order valence-electron chi connectivity index (χ3n) is 7.81. The minimum absolute atomic E-state index is 0.0337. The van der Waals surface area contributed by atoms with Gasteiger partial charge >= 0.3 is 0 Å². The van der Waals surface area contributed by atoms with Gasteiger partial charge in [-0.2, -0.15) is 0 Å². The average Bonchev–Trinajstić information content (AvgIpc) is 3.14. The molecule has 0 aromatic carbocycles. The van der Waals surface area contributed by atoms with Crippen LogP contribution in [0.15, 0.2) is 11.6 Å². The van der Waals surface area contributed by atoms with Crippen molar-refractivity contribution in [1.29, 1.82) is 0 Å². The minimum Gasteiger partial charge on any atom is -0.347 e. The Morgan fingerprint density at radius 1 is 1.24 bits per heavy atom. The van der Waals surface area contributed by atoms with Crippen molar-refractivity contribution in [3.05, 3.63) is 11.6 Å². The normalized spacial score (nSPS) is 41.8. The van der Waals surface area contributed by atoms with Crippen molar-refractivity contribution in [2.75, 3.05) is 13.2 Å². The van der Waals surface area contributed by atoms with E-state index < -0.39 is 5.79 Å². The maximum atomic E-state index is 13.2. The summed E-state index contributed by atoms with van der Waals surface area (Å²) in [7, 11) is 0. The van der Waals surface area contributed by atoms with E-state index in [-0.39, 0.29) is 10.8 Å². The topological polar surface area (TPSA) is 35.5 Å². The van der Waals surface area contributed by atoms with Crippen molar-refractivity contribution in [2.45, 2.75) is 84.3 Å². The Morgan fingerprint density at radius 2 is 2.00 bits per heavy atom. The number of ketones is 1. The average molecular weight is 347 g/mol. The lowest BCUT2D eigenvalue weighted by molar-refractivity contribution is -0.264. The fraction of sp³-hybridized carbons (Fsp3) is 0.864. The van der Waals surface area contributed by atoms with Crippen LogP contribution < -0.4 is 0 Å². The van der Waals surface area contributed by atoms with Crippen LogP contribution in [0.3, 0.4) is 0 Å². The summed E-state index contributed by atoms with van der Waals surface area (Å²) in [5.74, 6) is 1.20. The number of hydrogen-bond donors (Lipinski definition) is 0.